The summed E-state index contributed by atoms with van der Waals surface area (Å²) in [5.74, 6) is 0. The summed E-state index contributed by atoms with van der Waals surface area (Å²) in [4.78, 5) is 0. The average molecular weight is 1710 g/mol. The average Bonchev–Trinajstić information content (AvgIpc) is 3.09. The van der Waals surface area contributed by atoms with Gasteiger partial charge < -0.3 is 0 Å². The maximum absolute atomic E-state index is 15.9. The van der Waals surface area contributed by atoms with E-state index in [0.717, 1.165) is 0 Å². The molecule has 0 N–H and O–H groups in total. The van der Waals surface area contributed by atoms with Gasteiger partial charge in [0.1, 0.15) is 0 Å². The maximum atomic E-state index is 14.0. The Morgan fingerprint density at radius 2 is 0.247 bits per heavy atom. The van der Waals surface area contributed by atoms with Crippen LogP contribution in [0.1, 0.15) is 0 Å². The number of alkyl halides is 24. The molecule has 0 aromatic heterocycles. The van der Waals surface area contributed by atoms with Crippen molar-refractivity contribution in [3.8, 4) is 0 Å². The zero-order valence-corrected chi connectivity index (χ0v) is 56.3. The SMILES string of the molecule is CS(C)=O.CS(C)=O.CS(C)=O.CS(C)=O.CS(C)=O.CS(C)=O.O=S(=O)([N](S(=O)(=O)C(F)(F)F)[Sn]([N](S(=O)(=O)C(F)(F)F)S(=O)(=O)C(F)(F)F)([N](S(=O)(=O)C(F)(F)F)S(=O)(=O)C(F)(F)F)[N](S(=O)(=O)C(F)(F)F)S(=O)(=O)C(F)(F)F)C(F)(F)F. The van der Waals surface area contributed by atoms with Crippen molar-refractivity contribution in [1.29, 1.82) is 0 Å². The Hall–Kier alpha value is -0.541. The van der Waals surface area contributed by atoms with Gasteiger partial charge in [-0.15, -0.1) is 0 Å². The van der Waals surface area contributed by atoms with Crippen LogP contribution >= 0.6 is 0 Å². The van der Waals surface area contributed by atoms with Gasteiger partial charge in [0, 0.05) is 140 Å². The van der Waals surface area contributed by atoms with E-state index in [1.807, 2.05) is 0 Å². The molecule has 0 fully saturated rings. The second kappa shape index (κ2) is 32.8. The minimum atomic E-state index is -15.9. The van der Waals surface area contributed by atoms with Gasteiger partial charge in [0.25, 0.3) is 0 Å². The van der Waals surface area contributed by atoms with Crippen molar-refractivity contribution >= 4 is 164 Å². The van der Waals surface area contributed by atoms with Crippen LogP contribution < -0.4 is 0 Å². The van der Waals surface area contributed by atoms with E-state index in [4.69, 9.17) is 0 Å². The molecular formula is C20H36F24N4O22S14Sn. The van der Waals surface area contributed by atoms with E-state index in [1.54, 1.807) is 75.1 Å². The summed E-state index contributed by atoms with van der Waals surface area (Å²) < 4.78 is 568. The van der Waals surface area contributed by atoms with E-state index in [1.165, 1.54) is 0 Å². The molecule has 85 heavy (non-hydrogen) atoms. The van der Waals surface area contributed by atoms with Crippen molar-refractivity contribution < 1.29 is 198 Å². The van der Waals surface area contributed by atoms with Crippen LogP contribution in [-0.2, 0) is 145 Å². The summed E-state index contributed by atoms with van der Waals surface area (Å²) in [6.45, 7) is 0. The Balaban J connectivity index is -0.000000425. The minimum absolute atomic E-state index is 0.611. The predicted octanol–water partition coefficient (Wildman–Crippen LogP) is 1.40. The first kappa shape index (κ1) is 98.0. The third-order valence-corrected chi connectivity index (χ3v) is 53.2. The van der Waals surface area contributed by atoms with Gasteiger partial charge in [0.15, 0.2) is 0 Å². The number of hydrogen-bond acceptors (Lipinski definition) is 22. The fraction of sp³-hybridized carbons (Fsp3) is 1.00. The van der Waals surface area contributed by atoms with Gasteiger partial charge in [-0.1, -0.05) is 0 Å². The quantitative estimate of drug-likeness (QED) is 0.197. The fourth-order valence-corrected chi connectivity index (χ4v) is 66.1. The van der Waals surface area contributed by atoms with Crippen LogP contribution in [0, 0.1) is 0 Å². The summed E-state index contributed by atoms with van der Waals surface area (Å²) in [6, 6.07) is 0. The van der Waals surface area contributed by atoms with Crippen LogP contribution in [0.15, 0.2) is 0 Å². The molecule has 0 saturated carbocycles. The van der Waals surface area contributed by atoms with E-state index in [2.05, 4.69) is 0 Å². The van der Waals surface area contributed by atoms with E-state index < -0.39 is 216 Å². The molecule has 26 nitrogen and oxygen atoms in total. The molecule has 0 aliphatic carbocycles. The van der Waals surface area contributed by atoms with Gasteiger partial charge in [-0.05, 0) is 0 Å². The van der Waals surface area contributed by atoms with Crippen LogP contribution in [0.25, 0.3) is 0 Å². The topological polar surface area (TPSA) is 388 Å². The summed E-state index contributed by atoms with van der Waals surface area (Å²) in [5, 5.41) is 0. The molecule has 0 radical (unpaired) electrons. The van der Waals surface area contributed by atoms with Crippen molar-refractivity contribution in [3.63, 3.8) is 0 Å². The first-order chi connectivity index (χ1) is 35.9. The van der Waals surface area contributed by atoms with E-state index in [0.29, 0.717) is 0 Å². The van der Waals surface area contributed by atoms with E-state index in [-0.39, 0.29) is 0 Å². The van der Waals surface area contributed by atoms with Crippen LogP contribution in [0.3, 0.4) is 0 Å². The molecule has 0 aliphatic heterocycles. The van der Waals surface area contributed by atoms with Crippen molar-refractivity contribution in [2.45, 2.75) is 44.1 Å². The number of nitrogens with zero attached hydrogens (tertiary/aromatic N) is 4. The zero-order valence-electron chi connectivity index (χ0n) is 42.1. The second-order valence-corrected chi connectivity index (χ2v) is 53.4. The van der Waals surface area contributed by atoms with Crippen LogP contribution in [0.2, 0.25) is 0 Å². The number of sulfonamides is 8. The molecule has 0 amide bonds. The molecule has 0 unspecified atom stereocenters. The van der Waals surface area contributed by atoms with E-state index in [9.17, 15) is 198 Å². The Labute approximate surface area is 485 Å². The second-order valence-electron chi connectivity index (χ2n) is 13.4. The van der Waals surface area contributed by atoms with Gasteiger partial charge >= 0.3 is 324 Å². The molecular weight excluding hydrogens is 1670 g/mol. The first-order valence-electron chi connectivity index (χ1n) is 17.1. The number of halogens is 24. The Kier molecular flexibility index (Phi) is 37.9. The summed E-state index contributed by atoms with van der Waals surface area (Å²) in [6.07, 6.45) is 19.7. The Morgan fingerprint density at radius 1 is 0.200 bits per heavy atom. The molecule has 0 aliphatic rings. The molecule has 65 heteroatoms. The van der Waals surface area contributed by atoms with Gasteiger partial charge in [-0.2, -0.15) is 0 Å². The number of rotatable bonds is 12. The van der Waals surface area contributed by atoms with Crippen molar-refractivity contribution in [3.05, 3.63) is 0 Å². The first-order valence-corrected chi connectivity index (χ1v) is 45.5. The molecule has 0 bridgehead atoms. The van der Waals surface area contributed by atoms with Gasteiger partial charge in [0.05, 0.1) is 0 Å². The third-order valence-electron chi connectivity index (χ3n) is 5.07. The standard InChI is InChI=1S/4C2F6NO4S2.6C2H6OS.Sn/c4*3-1(4,5)14(10,11)9-15(12,13)2(6,7)8;6*1-4(2)3;/h;;;;6*1-2H3;/q4*-1;;;;;;;+4. The van der Waals surface area contributed by atoms with Gasteiger partial charge in [0.2, 0.25) is 0 Å². The molecule has 0 aromatic carbocycles. The molecule has 0 rings (SSSR count). The van der Waals surface area contributed by atoms with Crippen LogP contribution in [-0.4, -0.2) is 239 Å². The fourth-order valence-electron chi connectivity index (χ4n) is 2.96. The predicted molar refractivity (Wildman–Crippen MR) is 253 cm³/mol. The summed E-state index contributed by atoms with van der Waals surface area (Å²) in [5.41, 5.74) is -75.0. The normalized spacial score (nSPS) is 14.6. The number of hydrogen-bond donors (Lipinski definition) is 0. The summed E-state index contributed by atoms with van der Waals surface area (Å²) >= 11 is -15.9. The molecule has 0 spiro atoms. The van der Waals surface area contributed by atoms with Crippen LogP contribution in [0.4, 0.5) is 105 Å². The zero-order chi connectivity index (χ0) is 72.3. The van der Waals surface area contributed by atoms with Crippen molar-refractivity contribution in [1.82, 2.24) is 7.73 Å². The van der Waals surface area contributed by atoms with Gasteiger partial charge in [-0.25, -0.2) is 0 Å². The monoisotopic (exact) mass is 1710 g/mol. The molecule has 524 valence electrons. The summed E-state index contributed by atoms with van der Waals surface area (Å²) in [7, 11) is -94.1. The Bertz CT molecular complexity index is 2670. The van der Waals surface area contributed by atoms with Crippen LogP contribution in [0.5, 0.6) is 0 Å². The Morgan fingerprint density at radius 3 is 0.282 bits per heavy atom. The molecule has 0 heterocycles. The van der Waals surface area contributed by atoms with Crippen molar-refractivity contribution in [2.24, 2.45) is 0 Å². The molecule has 0 atom stereocenters. The van der Waals surface area contributed by atoms with E-state index >= 15 is 0 Å². The van der Waals surface area contributed by atoms with Gasteiger partial charge in [-0.3, -0.25) is 25.3 Å². The molecule has 0 aromatic rings. The van der Waals surface area contributed by atoms with Crippen molar-refractivity contribution in [2.75, 3.05) is 75.1 Å². The molecule has 0 saturated heterocycles. The third kappa shape index (κ3) is 26.9.